The maximum absolute atomic E-state index is 6.32. The maximum Gasteiger partial charge on any atom is 0.212 e. The van der Waals surface area contributed by atoms with E-state index in [1.54, 1.807) is 0 Å². The highest BCUT2D eigenvalue weighted by atomic mass is 35.5. The lowest BCUT2D eigenvalue weighted by Crippen LogP contribution is -2.46. The van der Waals surface area contributed by atoms with Gasteiger partial charge in [-0.25, -0.2) is 4.98 Å². The Morgan fingerprint density at radius 1 is 0.730 bits per heavy atom. The normalized spacial score (nSPS) is 16.7. The summed E-state index contributed by atoms with van der Waals surface area (Å²) in [5.41, 5.74) is 4.14. The Bertz CT molecular complexity index is 1030. The molecule has 9 heteroatoms. The molecule has 0 spiro atoms. The third-order valence-corrected chi connectivity index (χ3v) is 10.1. The molecule has 2 aromatic carbocycles. The molecule has 2 saturated carbocycles. The molecule has 2 fully saturated rings. The lowest BCUT2D eigenvalue weighted by Gasteiger charge is -2.29. The van der Waals surface area contributed by atoms with Gasteiger partial charge in [-0.15, -0.1) is 23.2 Å². The molecule has 5 rings (SSSR count). The van der Waals surface area contributed by atoms with Gasteiger partial charge < -0.3 is 4.57 Å². The summed E-state index contributed by atoms with van der Waals surface area (Å²) in [6, 6.07) is 17.2. The summed E-state index contributed by atoms with van der Waals surface area (Å²) in [6.07, 6.45) is 14.7. The minimum atomic E-state index is -1.08. The standard InChI is InChI=1S/C22H23BCl6.C6H8N2/c24-14-21(26,27)16-6-10-19(11-7-16)23(18-4-2-1-3-5-18)20-12-8-17(9-13-20)22(28,29)15-25;1-2-6(1)8-4-3-7-5-8/h6-13,18H,1-5,14-15H2;3-6H,1-2H2. The van der Waals surface area contributed by atoms with Crippen LogP contribution in [0.4, 0.5) is 0 Å². The van der Waals surface area contributed by atoms with Crippen molar-refractivity contribution in [2.75, 3.05) is 11.8 Å². The molecule has 2 aliphatic rings. The topological polar surface area (TPSA) is 17.8 Å². The van der Waals surface area contributed by atoms with E-state index < -0.39 is 8.67 Å². The van der Waals surface area contributed by atoms with Crippen molar-refractivity contribution in [2.45, 2.75) is 65.5 Å². The molecular formula is C28H31BCl6N2. The Labute approximate surface area is 251 Å². The van der Waals surface area contributed by atoms with Gasteiger partial charge in [0.25, 0.3) is 0 Å². The summed E-state index contributed by atoms with van der Waals surface area (Å²) >= 11 is 37.1. The summed E-state index contributed by atoms with van der Waals surface area (Å²) in [6.45, 7) is 0.297. The van der Waals surface area contributed by atoms with E-state index in [-0.39, 0.29) is 11.8 Å². The molecular weight excluding hydrogens is 588 g/mol. The Morgan fingerprint density at radius 3 is 1.59 bits per heavy atom. The average Bonchev–Trinajstić information content (AvgIpc) is 3.64. The van der Waals surface area contributed by atoms with Crippen molar-refractivity contribution in [1.82, 2.24) is 9.55 Å². The number of aromatic nitrogens is 2. The summed E-state index contributed by atoms with van der Waals surface area (Å²) in [5.74, 6) is 0.875. The molecule has 0 atom stereocenters. The van der Waals surface area contributed by atoms with Crippen LogP contribution in [0.15, 0.2) is 67.3 Å². The molecule has 0 bridgehead atoms. The van der Waals surface area contributed by atoms with Crippen molar-refractivity contribution in [3.8, 4) is 0 Å². The van der Waals surface area contributed by atoms with E-state index in [4.69, 9.17) is 69.6 Å². The predicted molar refractivity (Wildman–Crippen MR) is 163 cm³/mol. The molecule has 0 aliphatic heterocycles. The number of benzene rings is 2. The second kappa shape index (κ2) is 13.2. The average molecular weight is 619 g/mol. The van der Waals surface area contributed by atoms with Crippen LogP contribution in [0, 0.1) is 0 Å². The second-order valence-electron chi connectivity index (χ2n) is 10.0. The van der Waals surface area contributed by atoms with E-state index in [1.807, 2.05) is 43.0 Å². The highest BCUT2D eigenvalue weighted by molar-refractivity contribution is 6.86. The van der Waals surface area contributed by atoms with E-state index in [2.05, 4.69) is 33.8 Å². The number of nitrogens with zero attached hydrogens (tertiary/aromatic N) is 2. The van der Waals surface area contributed by atoms with Crippen molar-refractivity contribution in [3.05, 3.63) is 78.4 Å². The van der Waals surface area contributed by atoms with Gasteiger partial charge in [0.1, 0.15) is 0 Å². The summed E-state index contributed by atoms with van der Waals surface area (Å²) in [4.78, 5) is 3.95. The third-order valence-electron chi connectivity index (χ3n) is 7.33. The maximum atomic E-state index is 6.32. The van der Waals surface area contributed by atoms with E-state index in [1.165, 1.54) is 55.9 Å². The number of halogens is 6. The van der Waals surface area contributed by atoms with Gasteiger partial charge in [-0.05, 0) is 24.0 Å². The van der Waals surface area contributed by atoms with Crippen LogP contribution in [0.5, 0.6) is 0 Å². The molecule has 2 nitrogen and oxygen atoms in total. The van der Waals surface area contributed by atoms with Gasteiger partial charge in [-0.2, -0.15) is 0 Å². The molecule has 1 aromatic heterocycles. The fourth-order valence-electron chi connectivity index (χ4n) is 5.09. The van der Waals surface area contributed by atoms with Crippen molar-refractivity contribution in [1.29, 1.82) is 0 Å². The molecule has 2 aliphatic carbocycles. The molecule has 1 heterocycles. The number of rotatable bonds is 8. The quantitative estimate of drug-likeness (QED) is 0.183. The zero-order valence-corrected chi connectivity index (χ0v) is 25.1. The lowest BCUT2D eigenvalue weighted by molar-refractivity contribution is 0.499. The molecule has 0 amide bonds. The van der Waals surface area contributed by atoms with Gasteiger partial charge in [-0.1, -0.05) is 144 Å². The monoisotopic (exact) mass is 616 g/mol. The number of hydrogen-bond donors (Lipinski definition) is 0. The van der Waals surface area contributed by atoms with Crippen LogP contribution >= 0.6 is 69.6 Å². The Balaban J connectivity index is 0.000000335. The Hall–Kier alpha value is -0.545. The van der Waals surface area contributed by atoms with Crippen LogP contribution in [-0.2, 0) is 8.67 Å². The van der Waals surface area contributed by atoms with Crippen molar-refractivity contribution in [3.63, 3.8) is 0 Å². The third kappa shape index (κ3) is 7.77. The summed E-state index contributed by atoms with van der Waals surface area (Å²) < 4.78 is 0.0152. The first-order valence-electron chi connectivity index (χ1n) is 12.8. The van der Waals surface area contributed by atoms with Gasteiger partial charge >= 0.3 is 0 Å². The fourth-order valence-corrected chi connectivity index (χ4v) is 5.90. The number of alkyl halides is 6. The zero-order valence-electron chi connectivity index (χ0n) is 20.6. The minimum Gasteiger partial charge on any atom is -0.334 e. The predicted octanol–water partition coefficient (Wildman–Crippen LogP) is 8.59. The molecule has 0 radical (unpaired) electrons. The van der Waals surface area contributed by atoms with Crippen LogP contribution in [0.3, 0.4) is 0 Å². The van der Waals surface area contributed by atoms with Gasteiger partial charge in [0.05, 0.1) is 18.1 Å². The van der Waals surface area contributed by atoms with E-state index in [0.29, 0.717) is 12.5 Å². The van der Waals surface area contributed by atoms with E-state index in [9.17, 15) is 0 Å². The van der Waals surface area contributed by atoms with E-state index in [0.717, 1.165) is 17.2 Å². The first kappa shape index (κ1) is 29.4. The van der Waals surface area contributed by atoms with Gasteiger partial charge in [0.15, 0.2) is 8.67 Å². The molecule has 3 aromatic rings. The second-order valence-corrected chi connectivity index (χ2v) is 13.5. The van der Waals surface area contributed by atoms with Crippen LogP contribution in [0.25, 0.3) is 0 Å². The summed E-state index contributed by atoms with van der Waals surface area (Å²) in [7, 11) is 0. The van der Waals surface area contributed by atoms with Crippen molar-refractivity contribution < 1.29 is 0 Å². The molecule has 37 heavy (non-hydrogen) atoms. The SMILES string of the molecule is ClCC(Cl)(Cl)c1ccc(B(c2ccc(C(Cl)(Cl)CCl)cc2)C2CCCCC2)cc1.c1cn(C2CC2)cn1. The summed E-state index contributed by atoms with van der Waals surface area (Å²) in [5, 5.41) is 0. The van der Waals surface area contributed by atoms with Crippen molar-refractivity contribution >= 4 is 87.2 Å². The molecule has 0 N–H and O–H groups in total. The highest BCUT2D eigenvalue weighted by Gasteiger charge is 2.32. The first-order valence-corrected chi connectivity index (χ1v) is 15.4. The van der Waals surface area contributed by atoms with Crippen molar-refractivity contribution in [2.24, 2.45) is 0 Å². The van der Waals surface area contributed by atoms with Gasteiger partial charge in [0, 0.05) is 18.4 Å². The zero-order chi connectivity index (χ0) is 26.5. The van der Waals surface area contributed by atoms with Gasteiger partial charge in [0.2, 0.25) is 6.71 Å². The molecule has 198 valence electrons. The van der Waals surface area contributed by atoms with Crippen LogP contribution in [0.1, 0.15) is 62.1 Å². The first-order chi connectivity index (χ1) is 17.7. The minimum absolute atomic E-state index is 0.141. The smallest absolute Gasteiger partial charge is 0.212 e. The molecule has 0 saturated heterocycles. The van der Waals surface area contributed by atoms with E-state index >= 15 is 0 Å². The van der Waals surface area contributed by atoms with Gasteiger partial charge in [-0.3, -0.25) is 0 Å². The Morgan fingerprint density at radius 2 is 1.22 bits per heavy atom. The van der Waals surface area contributed by atoms with Crippen LogP contribution in [-0.4, -0.2) is 28.0 Å². The fraction of sp³-hybridized carbons (Fsp3) is 0.464. The van der Waals surface area contributed by atoms with Crippen LogP contribution in [0.2, 0.25) is 5.82 Å². The highest BCUT2D eigenvalue weighted by Crippen LogP contribution is 2.37. The number of imidazole rings is 1. The number of hydrogen-bond acceptors (Lipinski definition) is 1. The largest absolute Gasteiger partial charge is 0.334 e. The Kier molecular flexibility index (Phi) is 10.5. The van der Waals surface area contributed by atoms with Crippen LogP contribution < -0.4 is 10.9 Å². The molecule has 0 unspecified atom stereocenters. The lowest BCUT2D eigenvalue weighted by atomic mass is 9.32.